The van der Waals surface area contributed by atoms with Crippen LogP contribution in [0.5, 0.6) is 0 Å². The highest BCUT2D eigenvalue weighted by atomic mass is 32.1. The van der Waals surface area contributed by atoms with Crippen LogP contribution in [0, 0.1) is 5.92 Å². The summed E-state index contributed by atoms with van der Waals surface area (Å²) < 4.78 is 2.43. The van der Waals surface area contributed by atoms with E-state index in [0.29, 0.717) is 6.54 Å². The van der Waals surface area contributed by atoms with Crippen molar-refractivity contribution in [3.8, 4) is 0 Å². The van der Waals surface area contributed by atoms with Crippen molar-refractivity contribution in [2.24, 2.45) is 11.7 Å². The first-order valence-electron chi connectivity index (χ1n) is 7.64. The third kappa shape index (κ3) is 2.19. The largest absolute Gasteiger partial charge is 0.330 e. The summed E-state index contributed by atoms with van der Waals surface area (Å²) in [5.74, 6) is 0.811. The molecule has 1 unspecified atom stereocenters. The number of hydrogen-bond donors (Lipinski definition) is 1. The summed E-state index contributed by atoms with van der Waals surface area (Å²) in [5, 5.41) is 0. The molecule has 0 saturated heterocycles. The zero-order valence-electron chi connectivity index (χ0n) is 13.0. The smallest absolute Gasteiger partial charge is 0.194 e. The molecule has 0 saturated carbocycles. The molecule has 0 bridgehead atoms. The minimum absolute atomic E-state index is 0.0884. The van der Waals surface area contributed by atoms with Crippen LogP contribution >= 0.6 is 11.3 Å². The van der Waals surface area contributed by atoms with Gasteiger partial charge in [0, 0.05) is 28.1 Å². The molecule has 20 heavy (non-hydrogen) atoms. The number of imidazole rings is 1. The number of thiazole rings is 1. The molecule has 2 aromatic rings. The highest BCUT2D eigenvalue weighted by molar-refractivity contribution is 7.17. The van der Waals surface area contributed by atoms with Crippen LogP contribution in [0.1, 0.15) is 56.1 Å². The van der Waals surface area contributed by atoms with Gasteiger partial charge in [0.1, 0.15) is 0 Å². The Labute approximate surface area is 125 Å². The van der Waals surface area contributed by atoms with Gasteiger partial charge in [-0.3, -0.25) is 4.40 Å². The fraction of sp³-hybridized carbons (Fsp3) is 0.688. The van der Waals surface area contributed by atoms with E-state index in [9.17, 15) is 0 Å². The van der Waals surface area contributed by atoms with Gasteiger partial charge in [0.2, 0.25) is 0 Å². The fourth-order valence-electron chi connectivity index (χ4n) is 3.25. The molecule has 0 aliphatic heterocycles. The van der Waals surface area contributed by atoms with Crippen LogP contribution in [0.15, 0.2) is 0 Å². The van der Waals surface area contributed by atoms with E-state index < -0.39 is 0 Å². The van der Waals surface area contributed by atoms with Crippen molar-refractivity contribution in [3.63, 3.8) is 0 Å². The molecule has 3 rings (SSSR count). The molecule has 0 amide bonds. The lowest BCUT2D eigenvalue weighted by Crippen LogP contribution is -2.18. The standard InChI is InChI=1S/C16H25N3S/c1-10-5-6-11-13(9-10)20-15-18-14(16(2,3)4)12(7-8-17)19(11)15/h10H,5-9,17H2,1-4H3. The molecular weight excluding hydrogens is 266 g/mol. The Bertz CT molecular complexity index is 630. The Morgan fingerprint density at radius 2 is 2.15 bits per heavy atom. The van der Waals surface area contributed by atoms with Crippen molar-refractivity contribution >= 4 is 16.3 Å². The van der Waals surface area contributed by atoms with Gasteiger partial charge < -0.3 is 5.73 Å². The van der Waals surface area contributed by atoms with Crippen molar-refractivity contribution in [3.05, 3.63) is 22.0 Å². The average molecular weight is 291 g/mol. The molecule has 3 nitrogen and oxygen atoms in total. The molecular formula is C16H25N3S. The van der Waals surface area contributed by atoms with Gasteiger partial charge in [-0.05, 0) is 31.7 Å². The summed E-state index contributed by atoms with van der Waals surface area (Å²) >= 11 is 1.89. The number of rotatable bonds is 2. The Morgan fingerprint density at radius 3 is 2.80 bits per heavy atom. The first-order chi connectivity index (χ1) is 9.41. The van der Waals surface area contributed by atoms with E-state index in [1.165, 1.54) is 41.3 Å². The molecule has 1 atom stereocenters. The molecule has 0 aromatic carbocycles. The van der Waals surface area contributed by atoms with Crippen molar-refractivity contribution in [2.45, 2.75) is 58.8 Å². The summed E-state index contributed by atoms with van der Waals surface area (Å²) in [7, 11) is 0. The van der Waals surface area contributed by atoms with E-state index >= 15 is 0 Å². The van der Waals surface area contributed by atoms with Gasteiger partial charge in [-0.15, -0.1) is 11.3 Å². The molecule has 0 fully saturated rings. The number of hydrogen-bond acceptors (Lipinski definition) is 3. The van der Waals surface area contributed by atoms with Crippen molar-refractivity contribution in [2.75, 3.05) is 6.54 Å². The second kappa shape index (κ2) is 4.85. The number of aryl methyl sites for hydroxylation is 1. The van der Waals surface area contributed by atoms with Gasteiger partial charge in [0.25, 0.3) is 0 Å². The molecule has 2 N–H and O–H groups in total. The number of nitrogens with zero attached hydrogens (tertiary/aromatic N) is 2. The summed E-state index contributed by atoms with van der Waals surface area (Å²) in [6, 6.07) is 0. The molecule has 2 heterocycles. The Kier molecular flexibility index (Phi) is 3.41. The van der Waals surface area contributed by atoms with Gasteiger partial charge in [-0.25, -0.2) is 4.98 Å². The second-order valence-electron chi connectivity index (χ2n) is 7.13. The SMILES string of the molecule is CC1CCc2c(sc3nc(C(C)(C)C)c(CCN)n23)C1. The van der Waals surface area contributed by atoms with Crippen LogP contribution in [-0.4, -0.2) is 15.9 Å². The van der Waals surface area contributed by atoms with Crippen LogP contribution in [0.25, 0.3) is 4.96 Å². The highest BCUT2D eigenvalue weighted by Gasteiger charge is 2.28. The summed E-state index contributed by atoms with van der Waals surface area (Å²) in [6.45, 7) is 9.78. The lowest BCUT2D eigenvalue weighted by atomic mass is 9.89. The monoisotopic (exact) mass is 291 g/mol. The topological polar surface area (TPSA) is 43.3 Å². The van der Waals surface area contributed by atoms with Crippen LogP contribution in [0.2, 0.25) is 0 Å². The third-order valence-electron chi connectivity index (χ3n) is 4.25. The van der Waals surface area contributed by atoms with E-state index in [4.69, 9.17) is 10.7 Å². The summed E-state index contributed by atoms with van der Waals surface area (Å²) in [6.07, 6.45) is 4.63. The normalized spacial score (nSPS) is 19.6. The van der Waals surface area contributed by atoms with Crippen LogP contribution in [0.4, 0.5) is 0 Å². The van der Waals surface area contributed by atoms with Crippen LogP contribution in [0.3, 0.4) is 0 Å². The lowest BCUT2D eigenvalue weighted by molar-refractivity contribution is 0.497. The Morgan fingerprint density at radius 1 is 1.40 bits per heavy atom. The maximum atomic E-state index is 5.85. The van der Waals surface area contributed by atoms with Gasteiger partial charge in [0.15, 0.2) is 4.96 Å². The maximum absolute atomic E-state index is 5.85. The molecule has 0 radical (unpaired) electrons. The van der Waals surface area contributed by atoms with E-state index in [1.54, 1.807) is 4.88 Å². The number of aromatic nitrogens is 2. The first kappa shape index (κ1) is 14.1. The molecule has 110 valence electrons. The fourth-order valence-corrected chi connectivity index (χ4v) is 4.60. The molecule has 2 aromatic heterocycles. The van der Waals surface area contributed by atoms with Gasteiger partial charge in [0.05, 0.1) is 5.69 Å². The van der Waals surface area contributed by atoms with Gasteiger partial charge in [-0.2, -0.15) is 0 Å². The zero-order chi connectivity index (χ0) is 14.5. The van der Waals surface area contributed by atoms with E-state index in [1.807, 2.05) is 11.3 Å². The molecule has 0 spiro atoms. The van der Waals surface area contributed by atoms with Gasteiger partial charge >= 0.3 is 0 Å². The molecule has 4 heteroatoms. The molecule has 1 aliphatic carbocycles. The van der Waals surface area contributed by atoms with E-state index in [-0.39, 0.29) is 5.41 Å². The number of nitrogens with two attached hydrogens (primary N) is 1. The number of fused-ring (bicyclic) bond motifs is 3. The third-order valence-corrected chi connectivity index (χ3v) is 5.35. The minimum atomic E-state index is 0.0884. The van der Waals surface area contributed by atoms with Crippen molar-refractivity contribution in [1.82, 2.24) is 9.38 Å². The highest BCUT2D eigenvalue weighted by Crippen LogP contribution is 2.36. The Balaban J connectivity index is 2.21. The van der Waals surface area contributed by atoms with Crippen LogP contribution in [-0.2, 0) is 24.7 Å². The maximum Gasteiger partial charge on any atom is 0.194 e. The summed E-state index contributed by atoms with van der Waals surface area (Å²) in [4.78, 5) is 7.68. The second-order valence-corrected chi connectivity index (χ2v) is 8.20. The van der Waals surface area contributed by atoms with Gasteiger partial charge in [-0.1, -0.05) is 27.7 Å². The predicted octanol–water partition coefficient (Wildman–Crippen LogP) is 3.32. The summed E-state index contributed by atoms with van der Waals surface area (Å²) in [5.41, 5.74) is 10.0. The minimum Gasteiger partial charge on any atom is -0.330 e. The van der Waals surface area contributed by atoms with Crippen molar-refractivity contribution < 1.29 is 0 Å². The van der Waals surface area contributed by atoms with Crippen LogP contribution < -0.4 is 5.73 Å². The van der Waals surface area contributed by atoms with E-state index in [2.05, 4.69) is 32.1 Å². The Hall–Kier alpha value is -0.870. The predicted molar refractivity (Wildman–Crippen MR) is 85.7 cm³/mol. The first-order valence-corrected chi connectivity index (χ1v) is 8.46. The average Bonchev–Trinajstić information content (AvgIpc) is 2.85. The quantitative estimate of drug-likeness (QED) is 0.922. The van der Waals surface area contributed by atoms with Crippen molar-refractivity contribution in [1.29, 1.82) is 0 Å². The molecule has 1 aliphatic rings. The lowest BCUT2D eigenvalue weighted by Gasteiger charge is -2.21. The zero-order valence-corrected chi connectivity index (χ0v) is 13.8. The van der Waals surface area contributed by atoms with E-state index in [0.717, 1.165) is 12.3 Å².